The van der Waals surface area contributed by atoms with Crippen LogP contribution in [0.15, 0.2) is 44.6 Å². The van der Waals surface area contributed by atoms with Gasteiger partial charge in [0.05, 0.1) is 6.20 Å². The van der Waals surface area contributed by atoms with Crippen molar-refractivity contribution >= 4 is 37.3 Å². The number of benzene rings is 1. The average Bonchev–Trinajstić information content (AvgIpc) is 2.73. The first-order valence-electron chi connectivity index (χ1n) is 4.46. The van der Waals surface area contributed by atoms with Crippen molar-refractivity contribution in [3.05, 3.63) is 35.1 Å². The molecule has 0 aliphatic carbocycles. The third kappa shape index (κ3) is 2.59. The molecule has 3 N–H and O–H groups in total. The van der Waals surface area contributed by atoms with Crippen LogP contribution in [-0.2, 0) is 10.0 Å². The number of nitrogens with one attached hydrogen (secondary N) is 1. The number of hydrogen-bond donors (Lipinski definition) is 2. The molecule has 2 rings (SSSR count). The van der Waals surface area contributed by atoms with Gasteiger partial charge in [-0.2, -0.15) is 0 Å². The molecule has 6 nitrogen and oxygen atoms in total. The summed E-state index contributed by atoms with van der Waals surface area (Å²) in [6.45, 7) is 0. The Kier molecular flexibility index (Phi) is 3.07. The molecule has 1 aromatic heterocycles. The van der Waals surface area contributed by atoms with E-state index in [1.807, 2.05) is 0 Å². The number of rotatable bonds is 3. The van der Waals surface area contributed by atoms with E-state index in [9.17, 15) is 8.42 Å². The summed E-state index contributed by atoms with van der Waals surface area (Å²) in [5, 5.41) is 3.40. The highest BCUT2D eigenvalue weighted by atomic mass is 79.9. The Bertz CT molecular complexity index is 625. The van der Waals surface area contributed by atoms with Crippen LogP contribution in [0.3, 0.4) is 0 Å². The standard InChI is InChI=1S/C9H8BrN3O3S/c10-8-2-1-6(11)3-9(8)17(14,15)13-7-4-12-16-5-7/h1-5,13H,11H2. The van der Waals surface area contributed by atoms with Crippen LogP contribution in [0.1, 0.15) is 0 Å². The Balaban J connectivity index is 2.41. The molecule has 2 aromatic rings. The third-order valence-corrected chi connectivity index (χ3v) is 4.30. The first-order valence-corrected chi connectivity index (χ1v) is 6.74. The molecule has 0 radical (unpaired) electrons. The average molecular weight is 318 g/mol. The molecule has 1 heterocycles. The molecule has 0 atom stereocenters. The second-order valence-corrected chi connectivity index (χ2v) is 5.71. The smallest absolute Gasteiger partial charge is 0.263 e. The van der Waals surface area contributed by atoms with E-state index in [4.69, 9.17) is 5.73 Å². The maximum absolute atomic E-state index is 12.0. The van der Waals surface area contributed by atoms with Gasteiger partial charge in [-0.15, -0.1) is 0 Å². The summed E-state index contributed by atoms with van der Waals surface area (Å²) in [4.78, 5) is 0.0544. The molecule has 90 valence electrons. The molecule has 0 fully saturated rings. The third-order valence-electron chi connectivity index (χ3n) is 1.93. The van der Waals surface area contributed by atoms with Gasteiger partial charge in [-0.25, -0.2) is 8.42 Å². The highest BCUT2D eigenvalue weighted by Crippen LogP contribution is 2.26. The Hall–Kier alpha value is -1.54. The molecule has 0 saturated carbocycles. The number of sulfonamides is 1. The summed E-state index contributed by atoms with van der Waals surface area (Å²) >= 11 is 3.16. The highest BCUT2D eigenvalue weighted by molar-refractivity contribution is 9.10. The first-order chi connectivity index (χ1) is 7.99. The molecule has 0 aliphatic heterocycles. The van der Waals surface area contributed by atoms with E-state index in [0.717, 1.165) is 0 Å². The van der Waals surface area contributed by atoms with Crippen molar-refractivity contribution in [1.82, 2.24) is 5.16 Å². The van der Waals surface area contributed by atoms with E-state index < -0.39 is 10.0 Å². The van der Waals surface area contributed by atoms with Gasteiger partial charge in [0.15, 0.2) is 0 Å². The molecule has 0 unspecified atom stereocenters. The fraction of sp³-hybridized carbons (Fsp3) is 0. The second kappa shape index (κ2) is 4.38. The van der Waals surface area contributed by atoms with E-state index in [1.165, 1.54) is 18.5 Å². The molecule has 0 amide bonds. The zero-order chi connectivity index (χ0) is 12.5. The minimum atomic E-state index is -3.71. The Morgan fingerprint density at radius 3 is 2.82 bits per heavy atom. The van der Waals surface area contributed by atoms with E-state index in [1.54, 1.807) is 12.1 Å². The topological polar surface area (TPSA) is 98.2 Å². The van der Waals surface area contributed by atoms with Crippen molar-refractivity contribution in [2.24, 2.45) is 0 Å². The van der Waals surface area contributed by atoms with Crippen molar-refractivity contribution < 1.29 is 12.9 Å². The monoisotopic (exact) mass is 317 g/mol. The van der Waals surface area contributed by atoms with Crippen molar-refractivity contribution in [2.45, 2.75) is 4.90 Å². The molecule has 1 aromatic carbocycles. The van der Waals surface area contributed by atoms with E-state index in [2.05, 4.69) is 30.3 Å². The normalized spacial score (nSPS) is 11.4. The number of anilines is 2. The molecule has 0 spiro atoms. The highest BCUT2D eigenvalue weighted by Gasteiger charge is 2.18. The summed E-state index contributed by atoms with van der Waals surface area (Å²) < 4.78 is 31.3. The van der Waals surface area contributed by atoms with Gasteiger partial charge in [-0.3, -0.25) is 4.72 Å². The van der Waals surface area contributed by atoms with Crippen LogP contribution in [0.2, 0.25) is 0 Å². The van der Waals surface area contributed by atoms with Crippen molar-refractivity contribution in [1.29, 1.82) is 0 Å². The van der Waals surface area contributed by atoms with Crippen LogP contribution in [0.5, 0.6) is 0 Å². The molecular formula is C9H8BrN3O3S. The van der Waals surface area contributed by atoms with Gasteiger partial charge in [0.1, 0.15) is 16.8 Å². The minimum Gasteiger partial charge on any atom is -0.399 e. The van der Waals surface area contributed by atoms with Crippen LogP contribution in [-0.4, -0.2) is 13.6 Å². The van der Waals surface area contributed by atoms with Crippen molar-refractivity contribution in [3.8, 4) is 0 Å². The fourth-order valence-electron chi connectivity index (χ4n) is 1.19. The first kappa shape index (κ1) is 11.9. The number of halogens is 1. The quantitative estimate of drug-likeness (QED) is 0.841. The second-order valence-electron chi connectivity index (χ2n) is 3.21. The van der Waals surface area contributed by atoms with E-state index >= 15 is 0 Å². The summed E-state index contributed by atoms with van der Waals surface area (Å²) in [5.41, 5.74) is 6.16. The summed E-state index contributed by atoms with van der Waals surface area (Å²) in [7, 11) is -3.71. The van der Waals surface area contributed by atoms with Crippen molar-refractivity contribution in [3.63, 3.8) is 0 Å². The van der Waals surface area contributed by atoms with Crippen LogP contribution in [0.4, 0.5) is 11.4 Å². The lowest BCUT2D eigenvalue weighted by molar-refractivity contribution is 0.420. The zero-order valence-electron chi connectivity index (χ0n) is 8.42. The molecule has 8 heteroatoms. The predicted molar refractivity (Wildman–Crippen MR) is 65.9 cm³/mol. The van der Waals surface area contributed by atoms with Gasteiger partial charge in [-0.05, 0) is 34.1 Å². The summed E-state index contributed by atoms with van der Waals surface area (Å²) in [6.07, 6.45) is 2.45. The van der Waals surface area contributed by atoms with Gasteiger partial charge in [0.2, 0.25) is 0 Å². The van der Waals surface area contributed by atoms with Crippen LogP contribution >= 0.6 is 15.9 Å². The van der Waals surface area contributed by atoms with Crippen LogP contribution in [0, 0.1) is 0 Å². The van der Waals surface area contributed by atoms with Gasteiger partial charge >= 0.3 is 0 Å². The lowest BCUT2D eigenvalue weighted by atomic mass is 10.3. The Labute approximate surface area is 106 Å². The number of hydrogen-bond acceptors (Lipinski definition) is 5. The summed E-state index contributed by atoms with van der Waals surface area (Å²) in [5.74, 6) is 0. The maximum Gasteiger partial charge on any atom is 0.263 e. The van der Waals surface area contributed by atoms with E-state index in [-0.39, 0.29) is 10.6 Å². The number of nitrogen functional groups attached to an aromatic ring is 1. The number of aromatic nitrogens is 1. The summed E-state index contributed by atoms with van der Waals surface area (Å²) in [6, 6.07) is 4.53. The van der Waals surface area contributed by atoms with Gasteiger partial charge < -0.3 is 10.3 Å². The fourth-order valence-corrected chi connectivity index (χ4v) is 3.21. The molecule has 0 bridgehead atoms. The van der Waals surface area contributed by atoms with Gasteiger partial charge in [-0.1, -0.05) is 5.16 Å². The maximum atomic E-state index is 12.0. The van der Waals surface area contributed by atoms with Gasteiger partial charge in [0.25, 0.3) is 10.0 Å². The number of nitrogens with zero attached hydrogens (tertiary/aromatic N) is 1. The molecular weight excluding hydrogens is 310 g/mol. The Morgan fingerprint density at radius 2 is 2.18 bits per heavy atom. The van der Waals surface area contributed by atoms with Crippen molar-refractivity contribution in [2.75, 3.05) is 10.5 Å². The SMILES string of the molecule is Nc1ccc(Br)c(S(=O)(=O)Nc2cnoc2)c1. The lowest BCUT2D eigenvalue weighted by Gasteiger charge is -2.08. The predicted octanol–water partition coefficient (Wildman–Crippen LogP) is 1.82. The lowest BCUT2D eigenvalue weighted by Crippen LogP contribution is -2.13. The van der Waals surface area contributed by atoms with E-state index in [0.29, 0.717) is 10.2 Å². The zero-order valence-corrected chi connectivity index (χ0v) is 10.8. The van der Waals surface area contributed by atoms with Crippen LogP contribution < -0.4 is 10.5 Å². The molecule has 17 heavy (non-hydrogen) atoms. The minimum absolute atomic E-state index is 0.0544. The largest absolute Gasteiger partial charge is 0.399 e. The molecule has 0 saturated heterocycles. The Morgan fingerprint density at radius 1 is 1.41 bits per heavy atom. The number of nitrogens with two attached hydrogens (primary N) is 1. The molecule has 0 aliphatic rings. The van der Waals surface area contributed by atoms with Gasteiger partial charge in [0, 0.05) is 10.2 Å². The van der Waals surface area contributed by atoms with Crippen LogP contribution in [0.25, 0.3) is 0 Å².